The number of hydrogen-bond acceptors (Lipinski definition) is 6. The highest BCUT2D eigenvalue weighted by atomic mass is 127. The van der Waals surface area contributed by atoms with Crippen LogP contribution in [0, 0.1) is 3.70 Å². The second-order valence-corrected chi connectivity index (χ2v) is 9.17. The van der Waals surface area contributed by atoms with Gasteiger partial charge in [-0.05, 0) is 96.1 Å². The Hall–Kier alpha value is 0.370. The van der Waals surface area contributed by atoms with E-state index in [4.69, 9.17) is 9.47 Å². The second-order valence-electron chi connectivity index (χ2n) is 5.89. The highest BCUT2D eigenvalue weighted by Gasteiger charge is 2.19. The summed E-state index contributed by atoms with van der Waals surface area (Å²) in [6.45, 7) is 3.25. The molecule has 8 nitrogen and oxygen atoms in total. The molecule has 0 spiro atoms. The first-order valence-electron chi connectivity index (χ1n) is 8.25. The molecule has 0 amide bonds. The van der Waals surface area contributed by atoms with E-state index in [-0.39, 0.29) is 0 Å². The van der Waals surface area contributed by atoms with Gasteiger partial charge in [0.25, 0.3) is 0 Å². The quantitative estimate of drug-likeness (QED) is 0.448. The Labute approximate surface area is 190 Å². The summed E-state index contributed by atoms with van der Waals surface area (Å²) < 4.78 is 13.8. The van der Waals surface area contributed by atoms with Gasteiger partial charge in [0.05, 0.1) is 12.1 Å². The normalized spacial score (nSPS) is 19.2. The molecule has 0 saturated carbocycles. The molecule has 2 aliphatic heterocycles. The average molecular weight is 669 g/mol. The molecule has 144 valence electrons. The molecule has 2 saturated heterocycles. The molecular formula is C14H18Br3IN6O2. The third kappa shape index (κ3) is 5.69. The van der Waals surface area contributed by atoms with Crippen molar-refractivity contribution < 1.29 is 9.47 Å². The molecular weight excluding hydrogens is 651 g/mol. The number of hydrogen-bond donors (Lipinski definition) is 0. The van der Waals surface area contributed by atoms with Crippen molar-refractivity contribution in [3.63, 3.8) is 0 Å². The van der Waals surface area contributed by atoms with E-state index in [1.807, 2.05) is 0 Å². The van der Waals surface area contributed by atoms with Crippen LogP contribution in [0.1, 0.15) is 37.8 Å². The number of rotatable bonds is 2. The number of aromatic nitrogens is 6. The van der Waals surface area contributed by atoms with Crippen molar-refractivity contribution >= 4 is 70.4 Å². The maximum Gasteiger partial charge on any atom is 0.162 e. The molecule has 12 heteroatoms. The smallest absolute Gasteiger partial charge is 0.162 e. The molecule has 0 radical (unpaired) electrons. The maximum absolute atomic E-state index is 5.28. The van der Waals surface area contributed by atoms with Crippen LogP contribution in [0.4, 0.5) is 0 Å². The standard InChI is InChI=1S/C7H9Br2N3O.C7H9BrIN3O/c2*8-6-7(9)11-12(10-6)5-1-3-13-4-2-5/h2*5H,1-4H2. The highest BCUT2D eigenvalue weighted by molar-refractivity contribution is 14.1. The lowest BCUT2D eigenvalue weighted by molar-refractivity contribution is 0.0618. The van der Waals surface area contributed by atoms with E-state index in [1.165, 1.54) is 0 Å². The van der Waals surface area contributed by atoms with E-state index in [1.54, 1.807) is 9.59 Å². The summed E-state index contributed by atoms with van der Waals surface area (Å²) in [7, 11) is 0. The molecule has 0 aromatic carbocycles. The van der Waals surface area contributed by atoms with Gasteiger partial charge in [0.15, 0.2) is 17.5 Å². The zero-order chi connectivity index (χ0) is 18.5. The molecule has 2 aromatic rings. The summed E-state index contributed by atoms with van der Waals surface area (Å²) in [4.78, 5) is 3.56. The topological polar surface area (TPSA) is 79.9 Å². The number of nitrogens with zero attached hydrogens (tertiary/aromatic N) is 6. The zero-order valence-electron chi connectivity index (χ0n) is 13.8. The molecule has 2 aliphatic rings. The molecule has 2 fully saturated rings. The Kier molecular flexibility index (Phi) is 8.30. The van der Waals surface area contributed by atoms with E-state index in [0.717, 1.165) is 69.6 Å². The first-order chi connectivity index (χ1) is 12.5. The summed E-state index contributed by atoms with van der Waals surface area (Å²) in [5.41, 5.74) is 0. The second kappa shape index (κ2) is 10.2. The monoisotopic (exact) mass is 666 g/mol. The Bertz CT molecular complexity index is 616. The van der Waals surface area contributed by atoms with Crippen LogP contribution >= 0.6 is 70.4 Å². The fraction of sp³-hybridized carbons (Fsp3) is 0.714. The fourth-order valence-corrected chi connectivity index (χ4v) is 3.78. The summed E-state index contributed by atoms with van der Waals surface area (Å²) in [6.07, 6.45) is 4.01. The van der Waals surface area contributed by atoms with E-state index in [2.05, 4.69) is 90.8 Å². The minimum Gasteiger partial charge on any atom is -0.381 e. The lowest BCUT2D eigenvalue weighted by Gasteiger charge is -2.20. The van der Waals surface area contributed by atoms with Crippen LogP contribution in [0.2, 0.25) is 0 Å². The molecule has 0 unspecified atom stereocenters. The molecule has 26 heavy (non-hydrogen) atoms. The van der Waals surface area contributed by atoms with Crippen molar-refractivity contribution in [3.05, 3.63) is 17.5 Å². The fourth-order valence-electron chi connectivity index (χ4n) is 2.73. The molecule has 4 rings (SSSR count). The Morgan fingerprint density at radius 2 is 1.08 bits per heavy atom. The van der Waals surface area contributed by atoms with Crippen molar-refractivity contribution in [3.8, 4) is 0 Å². The molecule has 4 heterocycles. The maximum atomic E-state index is 5.28. The van der Waals surface area contributed by atoms with Crippen molar-refractivity contribution in [1.29, 1.82) is 0 Å². The molecule has 0 N–H and O–H groups in total. The lowest BCUT2D eigenvalue weighted by Crippen LogP contribution is -2.21. The SMILES string of the molecule is Brc1nn(C2CCOCC2)nc1Br.Brc1nn(C2CCOCC2)nc1I. The molecule has 0 bridgehead atoms. The highest BCUT2D eigenvalue weighted by Crippen LogP contribution is 2.24. The van der Waals surface area contributed by atoms with Gasteiger partial charge >= 0.3 is 0 Å². The summed E-state index contributed by atoms with van der Waals surface area (Å²) in [5.74, 6) is 0. The van der Waals surface area contributed by atoms with Gasteiger partial charge in [0, 0.05) is 26.4 Å². The van der Waals surface area contributed by atoms with E-state index >= 15 is 0 Å². The van der Waals surface area contributed by atoms with E-state index < -0.39 is 0 Å². The van der Waals surface area contributed by atoms with Gasteiger partial charge in [-0.2, -0.15) is 9.59 Å². The first kappa shape index (κ1) is 21.1. The third-order valence-electron chi connectivity index (χ3n) is 4.14. The van der Waals surface area contributed by atoms with Crippen LogP contribution in [0.5, 0.6) is 0 Å². The molecule has 2 aromatic heterocycles. The van der Waals surface area contributed by atoms with Crippen LogP contribution < -0.4 is 0 Å². The third-order valence-corrected chi connectivity index (χ3v) is 7.74. The summed E-state index contributed by atoms with van der Waals surface area (Å²) >= 11 is 12.1. The minimum absolute atomic E-state index is 0.386. The van der Waals surface area contributed by atoms with Gasteiger partial charge in [-0.25, -0.2) is 0 Å². The van der Waals surface area contributed by atoms with Crippen LogP contribution in [0.25, 0.3) is 0 Å². The predicted octanol–water partition coefficient (Wildman–Crippen LogP) is 4.15. The Morgan fingerprint density at radius 1 is 0.692 bits per heavy atom. The van der Waals surface area contributed by atoms with Crippen molar-refractivity contribution in [2.75, 3.05) is 26.4 Å². The van der Waals surface area contributed by atoms with Gasteiger partial charge in [0.2, 0.25) is 0 Å². The minimum atomic E-state index is 0.386. The predicted molar refractivity (Wildman–Crippen MR) is 114 cm³/mol. The van der Waals surface area contributed by atoms with Crippen molar-refractivity contribution in [2.24, 2.45) is 0 Å². The average Bonchev–Trinajstić information content (AvgIpc) is 3.19. The van der Waals surface area contributed by atoms with Crippen molar-refractivity contribution in [1.82, 2.24) is 30.0 Å². The van der Waals surface area contributed by atoms with Gasteiger partial charge in [-0.15, -0.1) is 20.4 Å². The summed E-state index contributed by atoms with van der Waals surface area (Å²) in [6, 6.07) is 0.796. The summed E-state index contributed by atoms with van der Waals surface area (Å²) in [5, 5.41) is 17.1. The van der Waals surface area contributed by atoms with Crippen LogP contribution in [-0.2, 0) is 9.47 Å². The lowest BCUT2D eigenvalue weighted by atomic mass is 10.1. The van der Waals surface area contributed by atoms with Gasteiger partial charge in [-0.3, -0.25) is 0 Å². The van der Waals surface area contributed by atoms with Gasteiger partial charge in [0.1, 0.15) is 0 Å². The Morgan fingerprint density at radius 3 is 1.46 bits per heavy atom. The van der Waals surface area contributed by atoms with Crippen LogP contribution in [-0.4, -0.2) is 56.4 Å². The molecule has 0 atom stereocenters. The van der Waals surface area contributed by atoms with Crippen molar-refractivity contribution in [2.45, 2.75) is 37.8 Å². The number of ether oxygens (including phenoxy) is 2. The zero-order valence-corrected chi connectivity index (χ0v) is 20.7. The van der Waals surface area contributed by atoms with E-state index in [0.29, 0.717) is 12.1 Å². The van der Waals surface area contributed by atoms with Crippen LogP contribution in [0.3, 0.4) is 0 Å². The van der Waals surface area contributed by atoms with Gasteiger partial charge < -0.3 is 9.47 Å². The first-order valence-corrected chi connectivity index (χ1v) is 11.7. The largest absolute Gasteiger partial charge is 0.381 e. The Balaban J connectivity index is 0.000000151. The molecule has 0 aliphatic carbocycles. The number of halogens is 4. The van der Waals surface area contributed by atoms with E-state index in [9.17, 15) is 0 Å². The van der Waals surface area contributed by atoms with Crippen LogP contribution in [0.15, 0.2) is 13.8 Å². The van der Waals surface area contributed by atoms with Gasteiger partial charge in [-0.1, -0.05) is 0 Å².